The maximum absolute atomic E-state index is 12.2. The van der Waals surface area contributed by atoms with Crippen LogP contribution in [-0.2, 0) is 4.74 Å². The van der Waals surface area contributed by atoms with Gasteiger partial charge >= 0.3 is 11.8 Å². The third-order valence-electron chi connectivity index (χ3n) is 5.68. The number of anilines is 1. The number of ether oxygens (including phenoxy) is 1. The van der Waals surface area contributed by atoms with Gasteiger partial charge in [0.05, 0.1) is 4.92 Å². The normalized spacial score (nSPS) is 19.0. The molecule has 0 spiro atoms. The molecule has 0 aromatic heterocycles. The molecule has 0 aliphatic carbocycles. The van der Waals surface area contributed by atoms with Crippen LogP contribution in [0.15, 0.2) is 18.2 Å². The Balaban J connectivity index is 1.43. The minimum atomic E-state index is -0.575. The highest BCUT2D eigenvalue weighted by Gasteiger charge is 2.28. The Morgan fingerprint density at radius 1 is 1.17 bits per heavy atom. The summed E-state index contributed by atoms with van der Waals surface area (Å²) in [6, 6.07) is 4.54. The van der Waals surface area contributed by atoms with Gasteiger partial charge in [0, 0.05) is 63.6 Å². The molecule has 166 valence electrons. The molecule has 1 aromatic rings. The van der Waals surface area contributed by atoms with Crippen molar-refractivity contribution in [2.24, 2.45) is 5.92 Å². The number of phenolic OH excluding ortho intramolecular Hbond substituents is 1. The van der Waals surface area contributed by atoms with Gasteiger partial charge in [-0.25, -0.2) is 4.79 Å². The summed E-state index contributed by atoms with van der Waals surface area (Å²) in [6.07, 6.45) is 1.83. The molecule has 3 rings (SSSR count). The van der Waals surface area contributed by atoms with Gasteiger partial charge in [0.2, 0.25) is 0 Å². The average Bonchev–Trinajstić information content (AvgIpc) is 2.67. The molecule has 2 aliphatic heterocycles. The van der Waals surface area contributed by atoms with Gasteiger partial charge < -0.3 is 19.6 Å². The maximum Gasteiger partial charge on any atom is 0.410 e. The monoisotopic (exact) mass is 420 g/mol. The number of phenols is 1. The lowest BCUT2D eigenvalue weighted by molar-refractivity contribution is -0.385. The second-order valence-electron chi connectivity index (χ2n) is 9.13. The lowest BCUT2D eigenvalue weighted by atomic mass is 9.95. The van der Waals surface area contributed by atoms with Gasteiger partial charge in [0.15, 0.2) is 5.75 Å². The Morgan fingerprint density at radius 3 is 2.33 bits per heavy atom. The highest BCUT2D eigenvalue weighted by atomic mass is 16.6. The molecule has 0 saturated carbocycles. The van der Waals surface area contributed by atoms with Crippen LogP contribution in [0.1, 0.15) is 33.6 Å². The first-order valence-electron chi connectivity index (χ1n) is 10.5. The predicted molar refractivity (Wildman–Crippen MR) is 114 cm³/mol. The minimum absolute atomic E-state index is 0.234. The molecule has 2 fully saturated rings. The predicted octanol–water partition coefficient (Wildman–Crippen LogP) is 3.07. The van der Waals surface area contributed by atoms with Gasteiger partial charge in [0.25, 0.3) is 0 Å². The van der Waals surface area contributed by atoms with Crippen molar-refractivity contribution < 1.29 is 19.6 Å². The minimum Gasteiger partial charge on any atom is -0.502 e. The van der Waals surface area contributed by atoms with Crippen LogP contribution >= 0.6 is 0 Å². The van der Waals surface area contributed by atoms with Crippen LogP contribution in [0.3, 0.4) is 0 Å². The van der Waals surface area contributed by atoms with E-state index in [0.29, 0.717) is 19.0 Å². The standard InChI is InChI=1S/C21H32N4O5/c1-21(2,3)30-20(27)24-12-10-22(11-13-24)15-16-6-8-23(9-7-16)17-4-5-18(25(28)29)19(26)14-17/h4-5,14,16,26H,6-13,15H2,1-3H3. The fourth-order valence-electron chi connectivity index (χ4n) is 4.04. The number of hydrogen-bond donors (Lipinski definition) is 1. The zero-order valence-electron chi connectivity index (χ0n) is 18.0. The number of piperidine rings is 1. The van der Waals surface area contributed by atoms with Crippen molar-refractivity contribution in [3.63, 3.8) is 0 Å². The Hall–Kier alpha value is -2.55. The first-order valence-corrected chi connectivity index (χ1v) is 10.5. The van der Waals surface area contributed by atoms with Gasteiger partial charge in [-0.3, -0.25) is 15.0 Å². The molecule has 2 heterocycles. The van der Waals surface area contributed by atoms with E-state index < -0.39 is 10.5 Å². The second-order valence-corrected chi connectivity index (χ2v) is 9.13. The Kier molecular flexibility index (Phi) is 6.70. The highest BCUT2D eigenvalue weighted by molar-refractivity contribution is 5.68. The van der Waals surface area contributed by atoms with Crippen LogP contribution in [0, 0.1) is 16.0 Å². The maximum atomic E-state index is 12.2. The van der Waals surface area contributed by atoms with E-state index in [1.165, 1.54) is 12.1 Å². The number of carbonyl (C=O) groups excluding carboxylic acids is 1. The van der Waals surface area contributed by atoms with Crippen LogP contribution in [-0.4, -0.2) is 77.3 Å². The van der Waals surface area contributed by atoms with E-state index in [9.17, 15) is 20.0 Å². The van der Waals surface area contributed by atoms with E-state index in [4.69, 9.17) is 4.74 Å². The van der Waals surface area contributed by atoms with E-state index in [1.54, 1.807) is 11.0 Å². The largest absolute Gasteiger partial charge is 0.502 e. The summed E-state index contributed by atoms with van der Waals surface area (Å²) in [5.41, 5.74) is 0.0875. The Bertz CT molecular complexity index is 763. The Labute approximate surface area is 177 Å². The summed E-state index contributed by atoms with van der Waals surface area (Å²) in [5.74, 6) is 0.295. The fourth-order valence-corrected chi connectivity index (χ4v) is 4.04. The van der Waals surface area contributed by atoms with Gasteiger partial charge in [-0.2, -0.15) is 0 Å². The topological polar surface area (TPSA) is 99.4 Å². The molecule has 1 aromatic carbocycles. The number of carbonyl (C=O) groups is 1. The van der Waals surface area contributed by atoms with E-state index in [0.717, 1.165) is 51.3 Å². The first-order chi connectivity index (χ1) is 14.1. The number of amides is 1. The van der Waals surface area contributed by atoms with Crippen LogP contribution in [0.5, 0.6) is 5.75 Å². The van der Waals surface area contributed by atoms with Crippen LogP contribution < -0.4 is 4.90 Å². The number of benzene rings is 1. The quantitative estimate of drug-likeness (QED) is 0.590. The zero-order chi connectivity index (χ0) is 21.9. The molecule has 1 amide bonds. The fraction of sp³-hybridized carbons (Fsp3) is 0.667. The molecule has 9 heteroatoms. The van der Waals surface area contributed by atoms with Crippen molar-refractivity contribution in [1.29, 1.82) is 0 Å². The molecule has 2 aliphatic rings. The Morgan fingerprint density at radius 2 is 1.80 bits per heavy atom. The molecular formula is C21H32N4O5. The lowest BCUT2D eigenvalue weighted by Gasteiger charge is -2.39. The number of nitrogens with zero attached hydrogens (tertiary/aromatic N) is 4. The number of rotatable bonds is 4. The van der Waals surface area contributed by atoms with Gasteiger partial charge in [-0.1, -0.05) is 0 Å². The average molecular weight is 421 g/mol. The zero-order valence-corrected chi connectivity index (χ0v) is 18.0. The molecule has 0 bridgehead atoms. The molecule has 9 nitrogen and oxygen atoms in total. The summed E-state index contributed by atoms with van der Waals surface area (Å²) in [5, 5.41) is 20.7. The first kappa shape index (κ1) is 22.1. The van der Waals surface area contributed by atoms with E-state index in [-0.39, 0.29) is 17.5 Å². The SMILES string of the molecule is CC(C)(C)OC(=O)N1CCN(CC2CCN(c3ccc([N+](=O)[O-])c(O)c3)CC2)CC1. The number of hydrogen-bond acceptors (Lipinski definition) is 7. The molecule has 0 radical (unpaired) electrons. The molecule has 0 atom stereocenters. The summed E-state index contributed by atoms with van der Waals surface area (Å²) >= 11 is 0. The number of nitro groups is 1. The van der Waals surface area contributed by atoms with Crippen molar-refractivity contribution in [1.82, 2.24) is 9.80 Å². The van der Waals surface area contributed by atoms with Gasteiger partial charge in [0.1, 0.15) is 5.60 Å². The van der Waals surface area contributed by atoms with Crippen LogP contribution in [0.25, 0.3) is 0 Å². The van der Waals surface area contributed by atoms with Crippen molar-refractivity contribution in [2.45, 2.75) is 39.2 Å². The number of nitro benzene ring substituents is 1. The third-order valence-corrected chi connectivity index (χ3v) is 5.68. The summed E-state index contributed by atoms with van der Waals surface area (Å²) in [4.78, 5) is 28.8. The van der Waals surface area contributed by atoms with Crippen molar-refractivity contribution >= 4 is 17.5 Å². The lowest BCUT2D eigenvalue weighted by Crippen LogP contribution is -2.51. The molecule has 0 unspecified atom stereocenters. The second kappa shape index (κ2) is 9.07. The van der Waals surface area contributed by atoms with E-state index >= 15 is 0 Å². The van der Waals surface area contributed by atoms with Crippen LogP contribution in [0.2, 0.25) is 0 Å². The van der Waals surface area contributed by atoms with Gasteiger partial charge in [-0.05, 0) is 45.6 Å². The summed E-state index contributed by atoms with van der Waals surface area (Å²) in [7, 11) is 0. The van der Waals surface area contributed by atoms with Crippen molar-refractivity contribution in [2.75, 3.05) is 50.7 Å². The molecule has 30 heavy (non-hydrogen) atoms. The van der Waals surface area contributed by atoms with Crippen LogP contribution in [0.4, 0.5) is 16.2 Å². The highest BCUT2D eigenvalue weighted by Crippen LogP contribution is 2.32. The van der Waals surface area contributed by atoms with Gasteiger partial charge in [-0.15, -0.1) is 0 Å². The smallest absolute Gasteiger partial charge is 0.410 e. The third kappa shape index (κ3) is 5.75. The molecular weight excluding hydrogens is 388 g/mol. The molecule has 2 saturated heterocycles. The van der Waals surface area contributed by atoms with Crippen molar-refractivity contribution in [3.8, 4) is 5.75 Å². The summed E-state index contributed by atoms with van der Waals surface area (Å²) < 4.78 is 5.45. The number of aromatic hydroxyl groups is 1. The number of piperazine rings is 1. The van der Waals surface area contributed by atoms with E-state index in [1.807, 2.05) is 20.8 Å². The van der Waals surface area contributed by atoms with Crippen molar-refractivity contribution in [3.05, 3.63) is 28.3 Å². The molecule has 1 N–H and O–H groups in total. The summed E-state index contributed by atoms with van der Waals surface area (Å²) in [6.45, 7) is 11.5. The van der Waals surface area contributed by atoms with E-state index in [2.05, 4.69) is 9.80 Å².